The fourth-order valence-corrected chi connectivity index (χ4v) is 3.85. The minimum atomic E-state index is 0.530. The SMILES string of the molecule is CC(C)c1ccc(OCCn2cccc2/C=N/Nc2nc3ccccc3s2)cc1. The van der Waals surface area contributed by atoms with Gasteiger partial charge in [-0.1, -0.05) is 49.4 Å². The summed E-state index contributed by atoms with van der Waals surface area (Å²) in [5, 5.41) is 5.13. The van der Waals surface area contributed by atoms with Crippen molar-refractivity contribution in [2.45, 2.75) is 26.3 Å². The van der Waals surface area contributed by atoms with Crippen molar-refractivity contribution in [1.29, 1.82) is 0 Å². The van der Waals surface area contributed by atoms with E-state index in [-0.39, 0.29) is 0 Å². The Morgan fingerprint density at radius 3 is 2.72 bits per heavy atom. The maximum absolute atomic E-state index is 5.89. The Morgan fingerprint density at radius 2 is 1.93 bits per heavy atom. The van der Waals surface area contributed by atoms with E-state index in [0.29, 0.717) is 12.5 Å². The molecule has 0 spiro atoms. The Morgan fingerprint density at radius 1 is 1.10 bits per heavy atom. The molecule has 4 rings (SSSR count). The van der Waals surface area contributed by atoms with Crippen molar-refractivity contribution in [2.75, 3.05) is 12.0 Å². The van der Waals surface area contributed by atoms with Gasteiger partial charge < -0.3 is 9.30 Å². The molecule has 0 saturated carbocycles. The first kappa shape index (κ1) is 19.2. The van der Waals surface area contributed by atoms with Crippen LogP contribution in [0.3, 0.4) is 0 Å². The third kappa shape index (κ3) is 4.84. The Labute approximate surface area is 174 Å². The fourth-order valence-electron chi connectivity index (χ4n) is 3.03. The van der Waals surface area contributed by atoms with Crippen LogP contribution < -0.4 is 10.2 Å². The molecule has 2 heterocycles. The predicted octanol–water partition coefficient (Wildman–Crippen LogP) is 5.75. The molecule has 0 fully saturated rings. The van der Waals surface area contributed by atoms with Crippen molar-refractivity contribution in [2.24, 2.45) is 5.10 Å². The van der Waals surface area contributed by atoms with Crippen LogP contribution in [-0.2, 0) is 6.54 Å². The number of nitrogens with one attached hydrogen (secondary N) is 1. The first-order valence-electron chi connectivity index (χ1n) is 9.71. The second kappa shape index (κ2) is 8.92. The number of nitrogens with zero attached hydrogens (tertiary/aromatic N) is 3. The lowest BCUT2D eigenvalue weighted by atomic mass is 10.0. The summed E-state index contributed by atoms with van der Waals surface area (Å²) in [6.07, 6.45) is 3.84. The standard InChI is InChI=1S/C23H24N4OS/c1-17(2)18-9-11-20(12-10-18)28-15-14-27-13-5-6-19(27)16-24-26-23-25-21-7-3-4-8-22(21)29-23/h3-13,16-17H,14-15H2,1-2H3,(H,25,26)/b24-16+. The minimum Gasteiger partial charge on any atom is -0.492 e. The Balaban J connectivity index is 1.31. The Bertz CT molecular complexity index is 1060. The van der Waals surface area contributed by atoms with Gasteiger partial charge in [-0.05, 0) is 47.9 Å². The molecule has 0 saturated heterocycles. The first-order valence-corrected chi connectivity index (χ1v) is 10.5. The number of hydrazone groups is 1. The summed E-state index contributed by atoms with van der Waals surface area (Å²) >= 11 is 1.59. The summed E-state index contributed by atoms with van der Waals surface area (Å²) in [5.74, 6) is 1.43. The molecule has 0 aliphatic rings. The maximum Gasteiger partial charge on any atom is 0.204 e. The number of para-hydroxylation sites is 1. The van der Waals surface area contributed by atoms with Crippen LogP contribution in [0.25, 0.3) is 10.2 Å². The Kier molecular flexibility index (Phi) is 5.91. The van der Waals surface area contributed by atoms with Crippen molar-refractivity contribution in [3.8, 4) is 5.75 Å². The van der Waals surface area contributed by atoms with Crippen LogP contribution in [-0.4, -0.2) is 22.4 Å². The lowest BCUT2D eigenvalue weighted by molar-refractivity contribution is 0.298. The molecular weight excluding hydrogens is 380 g/mol. The first-order chi connectivity index (χ1) is 14.2. The molecule has 0 aliphatic heterocycles. The van der Waals surface area contributed by atoms with E-state index in [9.17, 15) is 0 Å². The second-order valence-electron chi connectivity index (χ2n) is 7.06. The molecular formula is C23H24N4OS. The zero-order valence-electron chi connectivity index (χ0n) is 16.6. The lowest BCUT2D eigenvalue weighted by Gasteiger charge is -2.10. The lowest BCUT2D eigenvalue weighted by Crippen LogP contribution is -2.10. The van der Waals surface area contributed by atoms with Gasteiger partial charge in [0, 0.05) is 6.20 Å². The van der Waals surface area contributed by atoms with Gasteiger partial charge in [-0.15, -0.1) is 0 Å². The summed E-state index contributed by atoms with van der Waals surface area (Å²) in [6.45, 7) is 5.73. The number of thiazole rings is 1. The average molecular weight is 405 g/mol. The van der Waals surface area contributed by atoms with Crippen molar-refractivity contribution in [3.05, 3.63) is 78.1 Å². The van der Waals surface area contributed by atoms with Gasteiger partial charge in [0.25, 0.3) is 0 Å². The fraction of sp³-hybridized carbons (Fsp3) is 0.217. The molecule has 0 radical (unpaired) electrons. The van der Waals surface area contributed by atoms with E-state index in [1.807, 2.05) is 54.9 Å². The van der Waals surface area contributed by atoms with Crippen LogP contribution in [0.1, 0.15) is 31.0 Å². The third-order valence-electron chi connectivity index (χ3n) is 4.66. The van der Waals surface area contributed by atoms with E-state index in [4.69, 9.17) is 4.74 Å². The molecule has 0 amide bonds. The van der Waals surface area contributed by atoms with E-state index in [1.165, 1.54) is 5.56 Å². The highest BCUT2D eigenvalue weighted by atomic mass is 32.1. The molecule has 0 atom stereocenters. The number of ether oxygens (including phenoxy) is 1. The van der Waals surface area contributed by atoms with E-state index in [2.05, 4.69) is 52.1 Å². The van der Waals surface area contributed by atoms with E-state index in [0.717, 1.165) is 33.3 Å². The van der Waals surface area contributed by atoms with E-state index >= 15 is 0 Å². The van der Waals surface area contributed by atoms with Gasteiger partial charge >= 0.3 is 0 Å². The largest absolute Gasteiger partial charge is 0.492 e. The molecule has 148 valence electrons. The number of hydrogen-bond donors (Lipinski definition) is 1. The summed E-state index contributed by atoms with van der Waals surface area (Å²) in [4.78, 5) is 4.52. The minimum absolute atomic E-state index is 0.530. The van der Waals surface area contributed by atoms with Crippen LogP contribution in [0.5, 0.6) is 5.75 Å². The maximum atomic E-state index is 5.89. The van der Waals surface area contributed by atoms with Crippen LogP contribution in [0.4, 0.5) is 5.13 Å². The summed E-state index contributed by atoms with van der Waals surface area (Å²) in [6, 6.07) is 20.4. The summed E-state index contributed by atoms with van der Waals surface area (Å²) in [7, 11) is 0. The highest BCUT2D eigenvalue weighted by Crippen LogP contribution is 2.25. The molecule has 29 heavy (non-hydrogen) atoms. The normalized spacial score (nSPS) is 11.6. The van der Waals surface area contributed by atoms with Crippen LogP contribution in [0.15, 0.2) is 72.0 Å². The van der Waals surface area contributed by atoms with Crippen molar-refractivity contribution in [3.63, 3.8) is 0 Å². The number of aromatic nitrogens is 2. The average Bonchev–Trinajstić information content (AvgIpc) is 3.35. The molecule has 4 aromatic rings. The van der Waals surface area contributed by atoms with Gasteiger partial charge in [0.1, 0.15) is 12.4 Å². The predicted molar refractivity (Wildman–Crippen MR) is 121 cm³/mol. The quantitative estimate of drug-likeness (QED) is 0.301. The molecule has 0 unspecified atom stereocenters. The van der Waals surface area contributed by atoms with Crippen molar-refractivity contribution in [1.82, 2.24) is 9.55 Å². The van der Waals surface area contributed by atoms with Gasteiger partial charge in [0.2, 0.25) is 5.13 Å². The van der Waals surface area contributed by atoms with Crippen LogP contribution in [0, 0.1) is 0 Å². The summed E-state index contributed by atoms with van der Waals surface area (Å²) < 4.78 is 9.15. The highest BCUT2D eigenvalue weighted by molar-refractivity contribution is 7.22. The second-order valence-corrected chi connectivity index (χ2v) is 8.09. The van der Waals surface area contributed by atoms with Gasteiger partial charge in [-0.2, -0.15) is 5.10 Å². The van der Waals surface area contributed by atoms with Crippen LogP contribution in [0.2, 0.25) is 0 Å². The van der Waals surface area contributed by atoms with E-state index in [1.54, 1.807) is 11.3 Å². The molecule has 1 N–H and O–H groups in total. The summed E-state index contributed by atoms with van der Waals surface area (Å²) in [5.41, 5.74) is 6.34. The third-order valence-corrected chi connectivity index (χ3v) is 5.60. The monoisotopic (exact) mass is 404 g/mol. The molecule has 6 heteroatoms. The number of rotatable bonds is 8. The van der Waals surface area contributed by atoms with Gasteiger partial charge in [-0.25, -0.2) is 4.98 Å². The molecule has 2 aromatic carbocycles. The van der Waals surface area contributed by atoms with Crippen molar-refractivity contribution >= 4 is 32.9 Å². The van der Waals surface area contributed by atoms with Crippen LogP contribution >= 0.6 is 11.3 Å². The Hall–Kier alpha value is -3.12. The molecule has 0 bridgehead atoms. The van der Waals surface area contributed by atoms with Gasteiger partial charge in [0.15, 0.2) is 0 Å². The zero-order chi connectivity index (χ0) is 20.1. The molecule has 2 aromatic heterocycles. The zero-order valence-corrected chi connectivity index (χ0v) is 17.4. The number of benzene rings is 2. The molecule has 0 aliphatic carbocycles. The smallest absolute Gasteiger partial charge is 0.204 e. The van der Waals surface area contributed by atoms with Gasteiger partial charge in [-0.3, -0.25) is 5.43 Å². The topological polar surface area (TPSA) is 51.4 Å². The number of fused-ring (bicyclic) bond motifs is 1. The number of anilines is 1. The highest BCUT2D eigenvalue weighted by Gasteiger charge is 2.03. The molecule has 5 nitrogen and oxygen atoms in total. The number of hydrogen-bond acceptors (Lipinski definition) is 5. The van der Waals surface area contributed by atoms with Crippen molar-refractivity contribution < 1.29 is 4.74 Å². The van der Waals surface area contributed by atoms with Gasteiger partial charge in [0.05, 0.1) is 28.7 Å². The van der Waals surface area contributed by atoms with E-state index < -0.39 is 0 Å².